The van der Waals surface area contributed by atoms with E-state index in [0.29, 0.717) is 35.6 Å². The zero-order valence-electron chi connectivity index (χ0n) is 18.5. The minimum Gasteiger partial charge on any atom is -0.343 e. The fourth-order valence-electron chi connectivity index (χ4n) is 4.56. The van der Waals surface area contributed by atoms with E-state index in [0.717, 1.165) is 38.0 Å². The number of H-pyrrole nitrogens is 1. The lowest BCUT2D eigenvalue weighted by Gasteiger charge is -2.32. The monoisotopic (exact) mass is 441 g/mol. The molecule has 168 valence electrons. The first-order valence-electron chi connectivity index (χ1n) is 11.5. The first kappa shape index (κ1) is 21.1. The van der Waals surface area contributed by atoms with Gasteiger partial charge in [0.25, 0.3) is 5.56 Å². The molecule has 2 aromatic heterocycles. The van der Waals surface area contributed by atoms with Gasteiger partial charge in [0.2, 0.25) is 5.91 Å². The minimum absolute atomic E-state index is 0.118. The third-order valence-electron chi connectivity index (χ3n) is 6.40. The van der Waals surface area contributed by atoms with E-state index in [1.165, 1.54) is 11.8 Å². The van der Waals surface area contributed by atoms with Crippen LogP contribution in [0.1, 0.15) is 30.7 Å². The Balaban J connectivity index is 1.21. The van der Waals surface area contributed by atoms with Gasteiger partial charge in [0.1, 0.15) is 11.2 Å². The third-order valence-corrected chi connectivity index (χ3v) is 6.40. The molecule has 1 fully saturated rings. The summed E-state index contributed by atoms with van der Waals surface area (Å²) in [5.41, 5.74) is 2.48. The van der Waals surface area contributed by atoms with E-state index in [1.807, 2.05) is 41.3 Å². The zero-order valence-corrected chi connectivity index (χ0v) is 18.5. The van der Waals surface area contributed by atoms with Crippen molar-refractivity contribution in [3.05, 3.63) is 88.6 Å². The number of fused-ring (bicyclic) bond motifs is 1. The van der Waals surface area contributed by atoms with Crippen LogP contribution < -0.4 is 5.56 Å². The summed E-state index contributed by atoms with van der Waals surface area (Å²) in [4.78, 5) is 34.7. The molecule has 0 atom stereocenters. The number of carbonyl (C=O) groups excluding carboxylic acids is 1. The number of likely N-dealkylation sites (tertiary alicyclic amines) is 1. The molecule has 4 aromatic rings. The van der Waals surface area contributed by atoms with Gasteiger partial charge in [-0.2, -0.15) is 5.10 Å². The van der Waals surface area contributed by atoms with Crippen molar-refractivity contribution in [2.75, 3.05) is 13.1 Å². The topological polar surface area (TPSA) is 83.9 Å². The van der Waals surface area contributed by atoms with Crippen LogP contribution >= 0.6 is 0 Å². The van der Waals surface area contributed by atoms with Gasteiger partial charge in [-0.3, -0.25) is 9.59 Å². The van der Waals surface area contributed by atoms with Crippen LogP contribution in [0.15, 0.2) is 71.7 Å². The predicted molar refractivity (Wildman–Crippen MR) is 127 cm³/mol. The number of benzene rings is 2. The number of aryl methyl sites for hydroxylation is 1. The van der Waals surface area contributed by atoms with Crippen molar-refractivity contribution in [1.82, 2.24) is 24.6 Å². The molecule has 33 heavy (non-hydrogen) atoms. The number of para-hydroxylation sites is 1. The van der Waals surface area contributed by atoms with Gasteiger partial charge >= 0.3 is 0 Å². The van der Waals surface area contributed by atoms with Gasteiger partial charge in [-0.1, -0.05) is 48.5 Å². The summed E-state index contributed by atoms with van der Waals surface area (Å²) in [5.74, 6) is 1.25. The van der Waals surface area contributed by atoms with E-state index < -0.39 is 0 Å². The number of piperidine rings is 1. The van der Waals surface area contributed by atoms with Gasteiger partial charge in [0, 0.05) is 25.9 Å². The molecule has 1 aliphatic heterocycles. The fraction of sp³-hybridized carbons (Fsp3) is 0.308. The Morgan fingerprint density at radius 1 is 1.00 bits per heavy atom. The molecule has 0 spiro atoms. The molecule has 3 heterocycles. The van der Waals surface area contributed by atoms with Gasteiger partial charge in [0.05, 0.1) is 11.9 Å². The molecule has 1 N–H and O–H groups in total. The Labute approximate surface area is 192 Å². The highest BCUT2D eigenvalue weighted by Gasteiger charge is 2.23. The first-order chi connectivity index (χ1) is 16.2. The highest BCUT2D eigenvalue weighted by atomic mass is 16.2. The highest BCUT2D eigenvalue weighted by Crippen LogP contribution is 2.22. The standard InChI is InChI=1S/C26H27N5O2/c32-24(30-15-13-20(14-16-30)17-19-7-3-1-4-8-19)12-11-23-28-25-22(26(33)29-23)18-27-31(25)21-9-5-2-6-10-21/h1-10,18,20H,11-17H2,(H,28,29,33). The summed E-state index contributed by atoms with van der Waals surface area (Å²) in [5, 5.41) is 4.77. The Hall–Kier alpha value is -3.74. The molecular weight excluding hydrogens is 414 g/mol. The molecule has 0 unspecified atom stereocenters. The summed E-state index contributed by atoms with van der Waals surface area (Å²) in [6.45, 7) is 1.58. The van der Waals surface area contributed by atoms with Gasteiger partial charge < -0.3 is 9.88 Å². The molecule has 0 aliphatic carbocycles. The van der Waals surface area contributed by atoms with Crippen LogP contribution in [-0.2, 0) is 17.6 Å². The molecule has 1 amide bonds. The lowest BCUT2D eigenvalue weighted by molar-refractivity contribution is -0.132. The summed E-state index contributed by atoms with van der Waals surface area (Å²) in [7, 11) is 0. The van der Waals surface area contributed by atoms with E-state index >= 15 is 0 Å². The second kappa shape index (κ2) is 9.40. The van der Waals surface area contributed by atoms with E-state index in [9.17, 15) is 9.59 Å². The Bertz CT molecular complexity index is 1290. The highest BCUT2D eigenvalue weighted by molar-refractivity contribution is 5.77. The third kappa shape index (κ3) is 4.72. The maximum absolute atomic E-state index is 12.8. The van der Waals surface area contributed by atoms with Crippen molar-refractivity contribution in [3.8, 4) is 5.69 Å². The lowest BCUT2D eigenvalue weighted by atomic mass is 9.90. The Kier molecular flexibility index (Phi) is 6.02. The minimum atomic E-state index is -0.230. The maximum atomic E-state index is 12.8. The van der Waals surface area contributed by atoms with E-state index in [1.54, 1.807) is 4.68 Å². The molecular formula is C26H27N5O2. The summed E-state index contributed by atoms with van der Waals surface area (Å²) in [6.07, 6.45) is 5.38. The number of nitrogens with zero attached hydrogens (tertiary/aromatic N) is 4. The average Bonchev–Trinajstić information content (AvgIpc) is 3.29. The number of hydrogen-bond donors (Lipinski definition) is 1. The number of carbonyl (C=O) groups is 1. The van der Waals surface area contributed by atoms with Gasteiger partial charge in [0.15, 0.2) is 5.65 Å². The smallest absolute Gasteiger partial charge is 0.262 e. The summed E-state index contributed by atoms with van der Waals surface area (Å²) >= 11 is 0. The number of rotatable bonds is 6. The normalized spacial score (nSPS) is 14.6. The fourth-order valence-corrected chi connectivity index (χ4v) is 4.56. The Morgan fingerprint density at radius 3 is 2.42 bits per heavy atom. The maximum Gasteiger partial charge on any atom is 0.262 e. The van der Waals surface area contributed by atoms with Crippen molar-refractivity contribution in [1.29, 1.82) is 0 Å². The van der Waals surface area contributed by atoms with E-state index in [-0.39, 0.29) is 11.5 Å². The molecule has 5 rings (SSSR count). The average molecular weight is 442 g/mol. The molecule has 1 saturated heterocycles. The number of nitrogens with one attached hydrogen (secondary N) is 1. The van der Waals surface area contributed by atoms with Crippen molar-refractivity contribution in [2.24, 2.45) is 5.92 Å². The van der Waals surface area contributed by atoms with Gasteiger partial charge in [-0.15, -0.1) is 0 Å². The number of amides is 1. The lowest BCUT2D eigenvalue weighted by Crippen LogP contribution is -2.39. The quantitative estimate of drug-likeness (QED) is 0.496. The van der Waals surface area contributed by atoms with Gasteiger partial charge in [-0.05, 0) is 42.9 Å². The molecule has 0 saturated carbocycles. The molecule has 7 heteroatoms. The summed E-state index contributed by atoms with van der Waals surface area (Å²) < 4.78 is 1.66. The van der Waals surface area contributed by atoms with Crippen LogP contribution in [-0.4, -0.2) is 43.6 Å². The van der Waals surface area contributed by atoms with Crippen molar-refractivity contribution >= 4 is 16.9 Å². The van der Waals surface area contributed by atoms with Crippen LogP contribution in [0.3, 0.4) is 0 Å². The van der Waals surface area contributed by atoms with Crippen molar-refractivity contribution < 1.29 is 4.79 Å². The van der Waals surface area contributed by atoms with Crippen LogP contribution in [0.2, 0.25) is 0 Å². The van der Waals surface area contributed by atoms with E-state index in [2.05, 4.69) is 39.3 Å². The SMILES string of the molecule is O=C(CCc1nc2c(cnn2-c2ccccc2)c(=O)[nH]1)N1CCC(Cc2ccccc2)CC1. The zero-order chi connectivity index (χ0) is 22.6. The van der Waals surface area contributed by atoms with Crippen molar-refractivity contribution in [3.63, 3.8) is 0 Å². The van der Waals surface area contributed by atoms with Crippen LogP contribution in [0, 0.1) is 5.92 Å². The van der Waals surface area contributed by atoms with Crippen LogP contribution in [0.25, 0.3) is 16.7 Å². The van der Waals surface area contributed by atoms with Gasteiger partial charge in [-0.25, -0.2) is 9.67 Å². The largest absolute Gasteiger partial charge is 0.343 e. The second-order valence-electron chi connectivity index (χ2n) is 8.66. The molecule has 0 bridgehead atoms. The van der Waals surface area contributed by atoms with E-state index in [4.69, 9.17) is 0 Å². The molecule has 7 nitrogen and oxygen atoms in total. The molecule has 1 aliphatic rings. The molecule has 2 aromatic carbocycles. The van der Waals surface area contributed by atoms with Crippen LogP contribution in [0.5, 0.6) is 0 Å². The van der Waals surface area contributed by atoms with Crippen molar-refractivity contribution in [2.45, 2.75) is 32.1 Å². The number of aromatic nitrogens is 4. The summed E-state index contributed by atoms with van der Waals surface area (Å²) in [6, 6.07) is 20.1. The van der Waals surface area contributed by atoms with Crippen LogP contribution in [0.4, 0.5) is 0 Å². The number of aromatic amines is 1. The second-order valence-corrected chi connectivity index (χ2v) is 8.66. The first-order valence-corrected chi connectivity index (χ1v) is 11.5. The predicted octanol–water partition coefficient (Wildman–Crippen LogP) is 3.52. The Morgan fingerprint density at radius 2 is 1.70 bits per heavy atom. The molecule has 0 radical (unpaired) electrons. The number of hydrogen-bond acceptors (Lipinski definition) is 4.